The van der Waals surface area contributed by atoms with Gasteiger partial charge in [-0.15, -0.1) is 0 Å². The van der Waals surface area contributed by atoms with Gasteiger partial charge in [-0.05, 0) is 19.8 Å². The second-order valence-corrected chi connectivity index (χ2v) is 7.31. The van der Waals surface area contributed by atoms with Crippen LogP contribution in [-0.4, -0.2) is 54.5 Å². The van der Waals surface area contributed by atoms with Gasteiger partial charge < -0.3 is 10.0 Å². The van der Waals surface area contributed by atoms with Gasteiger partial charge in [-0.25, -0.2) is 4.79 Å². The maximum atomic E-state index is 13.2. The van der Waals surface area contributed by atoms with E-state index >= 15 is 0 Å². The van der Waals surface area contributed by atoms with Crippen molar-refractivity contribution >= 4 is 11.9 Å². The number of carbonyl (C=O) groups excluding carboxylic acids is 1. The lowest BCUT2D eigenvalue weighted by Crippen LogP contribution is -2.39. The van der Waals surface area contributed by atoms with Crippen molar-refractivity contribution in [3.8, 4) is 11.3 Å². The van der Waals surface area contributed by atoms with Crippen LogP contribution in [0.15, 0.2) is 42.7 Å². The lowest BCUT2D eigenvalue weighted by molar-refractivity contribution is 0.0688. The van der Waals surface area contributed by atoms with E-state index in [0.29, 0.717) is 24.3 Å². The summed E-state index contributed by atoms with van der Waals surface area (Å²) in [5, 5.41) is 17.8. The van der Waals surface area contributed by atoms with Crippen LogP contribution in [0.4, 0.5) is 0 Å². The second-order valence-electron chi connectivity index (χ2n) is 7.31. The summed E-state index contributed by atoms with van der Waals surface area (Å²) in [6.45, 7) is 2.96. The van der Waals surface area contributed by atoms with E-state index in [0.717, 1.165) is 24.1 Å². The zero-order chi connectivity index (χ0) is 20.5. The van der Waals surface area contributed by atoms with E-state index < -0.39 is 5.97 Å². The summed E-state index contributed by atoms with van der Waals surface area (Å²) in [6.07, 6.45) is 4.49. The van der Waals surface area contributed by atoms with Gasteiger partial charge in [0.25, 0.3) is 5.91 Å². The smallest absolute Gasteiger partial charge is 0.339 e. The van der Waals surface area contributed by atoms with E-state index in [2.05, 4.69) is 10.2 Å². The summed E-state index contributed by atoms with van der Waals surface area (Å²) < 4.78 is 3.51. The van der Waals surface area contributed by atoms with Crippen LogP contribution >= 0.6 is 0 Å². The Balaban J connectivity index is 1.50. The summed E-state index contributed by atoms with van der Waals surface area (Å²) in [7, 11) is 1.84. The molecule has 1 N–H and O–H groups in total. The Labute approximate surface area is 168 Å². The molecule has 1 aliphatic rings. The minimum Gasteiger partial charge on any atom is -0.478 e. The lowest BCUT2D eigenvalue weighted by Gasteiger charge is -2.32. The molecule has 0 unspecified atom stereocenters. The summed E-state index contributed by atoms with van der Waals surface area (Å²) in [5.74, 6) is -0.995. The molecule has 0 spiro atoms. The van der Waals surface area contributed by atoms with Crippen LogP contribution in [0.25, 0.3) is 11.3 Å². The summed E-state index contributed by atoms with van der Waals surface area (Å²) in [4.78, 5) is 26.3. The minimum atomic E-state index is -0.966. The number of piperidine rings is 1. The standard InChI is InChI=1S/C21H23N5O3/c1-14-17(21(28)29)12-23-26(14)16-8-10-25(11-9-16)20(27)18-13-22-24(2)19(18)15-6-4-3-5-7-15/h3-7,12-13,16H,8-11H2,1-2H3,(H,28,29). The van der Waals surface area contributed by atoms with Crippen molar-refractivity contribution in [3.63, 3.8) is 0 Å². The fourth-order valence-electron chi connectivity index (χ4n) is 4.02. The van der Waals surface area contributed by atoms with Gasteiger partial charge in [0, 0.05) is 25.7 Å². The molecule has 1 aromatic carbocycles. The van der Waals surface area contributed by atoms with E-state index in [-0.39, 0.29) is 17.5 Å². The highest BCUT2D eigenvalue weighted by atomic mass is 16.4. The van der Waals surface area contributed by atoms with Crippen LogP contribution in [-0.2, 0) is 7.05 Å². The maximum Gasteiger partial charge on any atom is 0.339 e. The normalized spacial score (nSPS) is 14.9. The molecular formula is C21H23N5O3. The number of nitrogens with zero attached hydrogens (tertiary/aromatic N) is 5. The Hall–Kier alpha value is -3.42. The molecule has 3 aromatic rings. The van der Waals surface area contributed by atoms with E-state index in [4.69, 9.17) is 0 Å². The van der Waals surface area contributed by atoms with E-state index in [9.17, 15) is 14.7 Å². The highest BCUT2D eigenvalue weighted by molar-refractivity contribution is 6.00. The Morgan fingerprint density at radius 3 is 2.31 bits per heavy atom. The average Bonchev–Trinajstić information content (AvgIpc) is 3.31. The van der Waals surface area contributed by atoms with Crippen LogP contribution < -0.4 is 0 Å². The third kappa shape index (κ3) is 3.41. The van der Waals surface area contributed by atoms with Crippen molar-refractivity contribution in [1.29, 1.82) is 0 Å². The Morgan fingerprint density at radius 2 is 1.69 bits per heavy atom. The highest BCUT2D eigenvalue weighted by Gasteiger charge is 2.29. The van der Waals surface area contributed by atoms with Gasteiger partial charge in [-0.3, -0.25) is 14.2 Å². The van der Waals surface area contributed by atoms with Crippen molar-refractivity contribution in [2.75, 3.05) is 13.1 Å². The topological polar surface area (TPSA) is 93.2 Å². The van der Waals surface area contributed by atoms with Crippen LogP contribution in [0.3, 0.4) is 0 Å². The molecule has 0 atom stereocenters. The second kappa shape index (κ2) is 7.54. The van der Waals surface area contributed by atoms with E-state index in [1.165, 1.54) is 6.20 Å². The number of amides is 1. The zero-order valence-electron chi connectivity index (χ0n) is 16.4. The number of aryl methyl sites for hydroxylation is 1. The number of aromatic carboxylic acids is 1. The van der Waals surface area contributed by atoms with Gasteiger partial charge in [0.15, 0.2) is 0 Å². The van der Waals surface area contributed by atoms with Crippen LogP contribution in [0.2, 0.25) is 0 Å². The van der Waals surface area contributed by atoms with E-state index in [1.54, 1.807) is 22.5 Å². The van der Waals surface area contributed by atoms with Gasteiger partial charge in [-0.2, -0.15) is 10.2 Å². The number of aromatic nitrogens is 4. The van der Waals surface area contributed by atoms with Crippen molar-refractivity contribution in [2.45, 2.75) is 25.8 Å². The number of carboxylic acids is 1. The van der Waals surface area contributed by atoms with Gasteiger partial charge in [0.2, 0.25) is 0 Å². The first-order chi connectivity index (χ1) is 14.0. The Bertz CT molecular complexity index is 1050. The first-order valence-electron chi connectivity index (χ1n) is 9.61. The Kier molecular flexibility index (Phi) is 4.92. The van der Waals surface area contributed by atoms with Gasteiger partial charge in [-0.1, -0.05) is 30.3 Å². The molecule has 1 amide bonds. The molecule has 1 saturated heterocycles. The molecule has 2 aromatic heterocycles. The first-order valence-corrected chi connectivity index (χ1v) is 9.61. The number of hydrogen-bond donors (Lipinski definition) is 1. The fourth-order valence-corrected chi connectivity index (χ4v) is 4.02. The molecule has 29 heavy (non-hydrogen) atoms. The number of hydrogen-bond acceptors (Lipinski definition) is 4. The fraction of sp³-hybridized carbons (Fsp3) is 0.333. The third-order valence-electron chi connectivity index (χ3n) is 5.59. The minimum absolute atomic E-state index is 0.0289. The lowest BCUT2D eigenvalue weighted by atomic mass is 10.0. The number of likely N-dealkylation sites (tertiary alicyclic amines) is 1. The first kappa shape index (κ1) is 18.9. The summed E-state index contributed by atoms with van der Waals surface area (Å²) in [6, 6.07) is 9.87. The zero-order valence-corrected chi connectivity index (χ0v) is 16.4. The molecule has 4 rings (SSSR count). The molecule has 0 bridgehead atoms. The number of carbonyl (C=O) groups is 2. The van der Waals surface area contributed by atoms with Crippen molar-refractivity contribution in [3.05, 3.63) is 59.5 Å². The molecule has 0 aliphatic carbocycles. The maximum absolute atomic E-state index is 13.2. The molecule has 8 nitrogen and oxygen atoms in total. The molecule has 1 aliphatic heterocycles. The van der Waals surface area contributed by atoms with Crippen LogP contribution in [0.5, 0.6) is 0 Å². The molecule has 150 valence electrons. The number of rotatable bonds is 4. The molecule has 8 heteroatoms. The molecule has 3 heterocycles. The van der Waals surface area contributed by atoms with Crippen molar-refractivity contribution < 1.29 is 14.7 Å². The van der Waals surface area contributed by atoms with Crippen molar-refractivity contribution in [1.82, 2.24) is 24.5 Å². The summed E-state index contributed by atoms with van der Waals surface area (Å²) in [5.41, 5.74) is 3.25. The molecule has 0 radical (unpaired) electrons. The number of carboxylic acid groups (broad SMARTS) is 1. The highest BCUT2D eigenvalue weighted by Crippen LogP contribution is 2.28. The predicted molar refractivity (Wildman–Crippen MR) is 107 cm³/mol. The molecule has 0 saturated carbocycles. The molecule has 1 fully saturated rings. The van der Waals surface area contributed by atoms with Crippen LogP contribution in [0.1, 0.15) is 45.3 Å². The summed E-state index contributed by atoms with van der Waals surface area (Å²) >= 11 is 0. The van der Waals surface area contributed by atoms with Gasteiger partial charge in [0.05, 0.1) is 35.4 Å². The molecular weight excluding hydrogens is 370 g/mol. The predicted octanol–water partition coefficient (Wildman–Crippen LogP) is 2.77. The van der Waals surface area contributed by atoms with Gasteiger partial charge in [0.1, 0.15) is 5.56 Å². The van der Waals surface area contributed by atoms with E-state index in [1.807, 2.05) is 42.3 Å². The SMILES string of the molecule is Cc1c(C(=O)O)cnn1C1CCN(C(=O)c2cnn(C)c2-c2ccccc2)CC1. The quantitative estimate of drug-likeness (QED) is 0.736. The number of benzene rings is 1. The Morgan fingerprint density at radius 1 is 1.03 bits per heavy atom. The average molecular weight is 393 g/mol. The monoisotopic (exact) mass is 393 g/mol. The largest absolute Gasteiger partial charge is 0.478 e. The third-order valence-corrected chi connectivity index (χ3v) is 5.59. The van der Waals surface area contributed by atoms with Crippen LogP contribution in [0, 0.1) is 6.92 Å². The van der Waals surface area contributed by atoms with Crippen molar-refractivity contribution in [2.24, 2.45) is 7.05 Å². The van der Waals surface area contributed by atoms with Gasteiger partial charge >= 0.3 is 5.97 Å².